The highest BCUT2D eigenvalue weighted by Gasteiger charge is 2.16. The van der Waals surface area contributed by atoms with E-state index in [1.54, 1.807) is 18.2 Å². The van der Waals surface area contributed by atoms with E-state index < -0.39 is 0 Å². The summed E-state index contributed by atoms with van der Waals surface area (Å²) in [7, 11) is 0. The van der Waals surface area contributed by atoms with Gasteiger partial charge < -0.3 is 9.64 Å². The van der Waals surface area contributed by atoms with Gasteiger partial charge in [-0.3, -0.25) is 0 Å². The molecule has 0 fully saturated rings. The Bertz CT molecular complexity index is 1000. The van der Waals surface area contributed by atoms with Gasteiger partial charge in [-0.1, -0.05) is 54.1 Å². The molecule has 0 saturated heterocycles. The van der Waals surface area contributed by atoms with Crippen LogP contribution < -0.4 is 0 Å². The summed E-state index contributed by atoms with van der Waals surface area (Å²) in [6.45, 7) is 1.69. The Morgan fingerprint density at radius 2 is 1.79 bits per heavy atom. The van der Waals surface area contributed by atoms with Crippen LogP contribution in [-0.2, 0) is 24.4 Å². The molecule has 1 aliphatic heterocycles. The second kappa shape index (κ2) is 8.28. The first-order valence-corrected chi connectivity index (χ1v) is 9.42. The molecule has 0 N–H and O–H groups in total. The molecule has 0 spiro atoms. The van der Waals surface area contributed by atoms with E-state index in [-0.39, 0.29) is 12.6 Å². The van der Waals surface area contributed by atoms with E-state index in [2.05, 4.69) is 22.0 Å². The number of rotatable bonds is 5. The van der Waals surface area contributed by atoms with Crippen molar-refractivity contribution in [2.24, 2.45) is 4.99 Å². The van der Waals surface area contributed by atoms with E-state index in [1.807, 2.05) is 48.8 Å². The number of hydrogen-bond acceptors (Lipinski definition) is 4. The Morgan fingerprint density at radius 1 is 1.00 bits per heavy atom. The summed E-state index contributed by atoms with van der Waals surface area (Å²) in [6, 6.07) is 23.0. The third-order valence-electron chi connectivity index (χ3n) is 4.56. The first kappa shape index (κ1) is 18.3. The number of halogens is 1. The Hall–Kier alpha value is -3.11. The van der Waals surface area contributed by atoms with Gasteiger partial charge in [-0.05, 0) is 47.0 Å². The molecule has 3 aromatic carbocycles. The first-order chi connectivity index (χ1) is 13.7. The van der Waals surface area contributed by atoms with E-state index in [1.165, 1.54) is 5.56 Å². The van der Waals surface area contributed by atoms with Crippen molar-refractivity contribution in [1.29, 1.82) is 0 Å². The van der Waals surface area contributed by atoms with Gasteiger partial charge in [0.15, 0.2) is 0 Å². The number of nitrogens with zero attached hydrogens (tertiary/aromatic N) is 2. The van der Waals surface area contributed by atoms with Crippen molar-refractivity contribution in [3.63, 3.8) is 0 Å². The maximum absolute atomic E-state index is 12.4. The van der Waals surface area contributed by atoms with Crippen LogP contribution in [0.5, 0.6) is 0 Å². The quantitative estimate of drug-likeness (QED) is 0.550. The minimum absolute atomic E-state index is 0.214. The lowest BCUT2D eigenvalue weighted by atomic mass is 10.1. The van der Waals surface area contributed by atoms with Crippen LogP contribution in [0.2, 0.25) is 5.02 Å². The highest BCUT2D eigenvalue weighted by molar-refractivity contribution is 6.30. The number of carbonyl (C=O) groups is 1. The molecule has 0 aromatic heterocycles. The molecule has 0 radical (unpaired) electrons. The minimum atomic E-state index is -0.345. The molecule has 1 heterocycles. The standard InChI is InChI=1S/C23H19ClN2O2/c24-21-9-6-18(7-10-21)15-28-23(27)19-8-11-22-20(12-19)14-26(16-25-22)13-17-4-2-1-3-5-17/h1-12,16H,13-15H2. The zero-order valence-corrected chi connectivity index (χ0v) is 16.0. The molecule has 0 atom stereocenters. The van der Waals surface area contributed by atoms with Crippen molar-refractivity contribution in [3.05, 3.63) is 100 Å². The van der Waals surface area contributed by atoms with Crippen LogP contribution in [0, 0.1) is 0 Å². The topological polar surface area (TPSA) is 41.9 Å². The van der Waals surface area contributed by atoms with Crippen LogP contribution in [0.3, 0.4) is 0 Å². The fourth-order valence-corrected chi connectivity index (χ4v) is 3.22. The SMILES string of the molecule is O=C(OCc1ccc(Cl)cc1)c1ccc2c(c1)CN(Cc1ccccc1)C=N2. The summed E-state index contributed by atoms with van der Waals surface area (Å²) in [6.07, 6.45) is 1.86. The van der Waals surface area contributed by atoms with Crippen LogP contribution in [0.4, 0.5) is 5.69 Å². The van der Waals surface area contributed by atoms with Crippen LogP contribution in [0.25, 0.3) is 0 Å². The normalized spacial score (nSPS) is 12.5. The van der Waals surface area contributed by atoms with Crippen LogP contribution in [0.15, 0.2) is 77.8 Å². The second-order valence-corrected chi connectivity index (χ2v) is 7.12. The van der Waals surface area contributed by atoms with E-state index >= 15 is 0 Å². The Kier molecular flexibility index (Phi) is 5.40. The second-order valence-electron chi connectivity index (χ2n) is 6.68. The van der Waals surface area contributed by atoms with Crippen molar-refractivity contribution in [1.82, 2.24) is 4.90 Å². The van der Waals surface area contributed by atoms with Gasteiger partial charge in [0.25, 0.3) is 0 Å². The third kappa shape index (κ3) is 4.41. The van der Waals surface area contributed by atoms with Crippen molar-refractivity contribution in [2.75, 3.05) is 0 Å². The average Bonchev–Trinajstić information content (AvgIpc) is 2.73. The Balaban J connectivity index is 1.42. The molecule has 0 saturated carbocycles. The fraction of sp³-hybridized carbons (Fsp3) is 0.130. The van der Waals surface area contributed by atoms with Crippen molar-refractivity contribution in [3.8, 4) is 0 Å². The third-order valence-corrected chi connectivity index (χ3v) is 4.81. The fourth-order valence-electron chi connectivity index (χ4n) is 3.10. The van der Waals surface area contributed by atoms with E-state index in [4.69, 9.17) is 16.3 Å². The summed E-state index contributed by atoms with van der Waals surface area (Å²) in [5, 5.41) is 0.658. The number of fused-ring (bicyclic) bond motifs is 1. The van der Waals surface area contributed by atoms with Gasteiger partial charge in [-0.2, -0.15) is 0 Å². The van der Waals surface area contributed by atoms with Gasteiger partial charge in [0.05, 0.1) is 17.6 Å². The molecule has 0 bridgehead atoms. The summed E-state index contributed by atoms with van der Waals surface area (Å²) in [5.74, 6) is -0.345. The number of carbonyl (C=O) groups excluding carboxylic acids is 1. The monoisotopic (exact) mass is 390 g/mol. The minimum Gasteiger partial charge on any atom is -0.457 e. The lowest BCUT2D eigenvalue weighted by molar-refractivity contribution is 0.0472. The highest BCUT2D eigenvalue weighted by Crippen LogP contribution is 2.26. The van der Waals surface area contributed by atoms with Crippen molar-refractivity contribution >= 4 is 29.6 Å². The number of ether oxygens (including phenoxy) is 1. The predicted octanol–water partition coefficient (Wildman–Crippen LogP) is 5.37. The molecule has 5 heteroatoms. The molecule has 4 rings (SSSR count). The van der Waals surface area contributed by atoms with Crippen molar-refractivity contribution < 1.29 is 9.53 Å². The van der Waals surface area contributed by atoms with Crippen LogP contribution >= 0.6 is 11.6 Å². The Morgan fingerprint density at radius 3 is 2.57 bits per heavy atom. The van der Waals surface area contributed by atoms with Gasteiger partial charge >= 0.3 is 5.97 Å². The number of hydrogen-bond donors (Lipinski definition) is 0. The molecule has 0 unspecified atom stereocenters. The van der Waals surface area contributed by atoms with Gasteiger partial charge in [-0.25, -0.2) is 9.79 Å². The predicted molar refractivity (Wildman–Crippen MR) is 111 cm³/mol. The smallest absolute Gasteiger partial charge is 0.338 e. The maximum atomic E-state index is 12.4. The zero-order chi connectivity index (χ0) is 19.3. The summed E-state index contributed by atoms with van der Waals surface area (Å²) < 4.78 is 5.43. The van der Waals surface area contributed by atoms with E-state index in [0.717, 1.165) is 23.4 Å². The van der Waals surface area contributed by atoms with E-state index in [0.29, 0.717) is 17.1 Å². The van der Waals surface area contributed by atoms with Gasteiger partial charge in [-0.15, -0.1) is 0 Å². The number of benzene rings is 3. The molecular formula is C23H19ClN2O2. The van der Waals surface area contributed by atoms with E-state index in [9.17, 15) is 4.79 Å². The van der Waals surface area contributed by atoms with Gasteiger partial charge in [0, 0.05) is 18.1 Å². The van der Waals surface area contributed by atoms with Crippen LogP contribution in [0.1, 0.15) is 27.0 Å². The van der Waals surface area contributed by atoms with Gasteiger partial charge in [0.1, 0.15) is 6.61 Å². The summed E-state index contributed by atoms with van der Waals surface area (Å²) in [5.41, 5.74) is 4.55. The average molecular weight is 391 g/mol. The molecule has 4 nitrogen and oxygen atoms in total. The van der Waals surface area contributed by atoms with Crippen molar-refractivity contribution in [2.45, 2.75) is 19.7 Å². The molecule has 28 heavy (non-hydrogen) atoms. The zero-order valence-electron chi connectivity index (χ0n) is 15.2. The highest BCUT2D eigenvalue weighted by atomic mass is 35.5. The van der Waals surface area contributed by atoms with Gasteiger partial charge in [0.2, 0.25) is 0 Å². The number of aliphatic imine (C=N–C) groups is 1. The number of esters is 1. The lowest BCUT2D eigenvalue weighted by Gasteiger charge is -2.24. The largest absolute Gasteiger partial charge is 0.457 e. The summed E-state index contributed by atoms with van der Waals surface area (Å²) >= 11 is 5.88. The lowest BCUT2D eigenvalue weighted by Crippen LogP contribution is -2.23. The molecule has 1 aliphatic rings. The summed E-state index contributed by atoms with van der Waals surface area (Å²) in [4.78, 5) is 19.1. The Labute approximate surface area is 169 Å². The first-order valence-electron chi connectivity index (χ1n) is 9.04. The molecule has 140 valence electrons. The molecule has 0 aliphatic carbocycles. The van der Waals surface area contributed by atoms with Crippen LogP contribution in [-0.4, -0.2) is 17.2 Å². The molecule has 3 aromatic rings. The maximum Gasteiger partial charge on any atom is 0.338 e. The molecular weight excluding hydrogens is 372 g/mol. The molecule has 0 amide bonds.